The van der Waals surface area contributed by atoms with Gasteiger partial charge < -0.3 is 14.4 Å². The lowest BCUT2D eigenvalue weighted by molar-refractivity contribution is -0.139. The molecule has 218 valence electrons. The molecule has 1 spiro atoms. The number of piperidine rings is 1. The van der Waals surface area contributed by atoms with Crippen LogP contribution in [0.1, 0.15) is 107 Å². The van der Waals surface area contributed by atoms with Crippen molar-refractivity contribution in [2.75, 3.05) is 13.1 Å². The first-order valence-corrected chi connectivity index (χ1v) is 15.4. The van der Waals surface area contributed by atoms with Crippen LogP contribution < -0.4 is 0 Å². The SMILES string of the molecule is C=Cn1nnc2c1CCCCCC2(C)C(=O)N1CCC2(CC1)Cc1cc(COC(C)C)c(COC(C)C)cc1C2. The van der Waals surface area contributed by atoms with Gasteiger partial charge in [-0.3, -0.25) is 4.79 Å². The third kappa shape index (κ3) is 5.78. The van der Waals surface area contributed by atoms with Crippen LogP contribution >= 0.6 is 0 Å². The van der Waals surface area contributed by atoms with Crippen molar-refractivity contribution in [2.24, 2.45) is 5.41 Å². The number of fused-ring (bicyclic) bond motifs is 2. The van der Waals surface area contributed by atoms with E-state index in [1.165, 1.54) is 22.3 Å². The van der Waals surface area contributed by atoms with Gasteiger partial charge in [0.25, 0.3) is 0 Å². The Hall–Kier alpha value is -2.51. The molecule has 1 saturated heterocycles. The first-order chi connectivity index (χ1) is 19.1. The molecule has 1 aliphatic heterocycles. The summed E-state index contributed by atoms with van der Waals surface area (Å²) in [5, 5.41) is 8.86. The third-order valence-corrected chi connectivity index (χ3v) is 9.46. The van der Waals surface area contributed by atoms with E-state index >= 15 is 0 Å². The number of carbonyl (C=O) groups is 1. The molecule has 0 saturated carbocycles. The summed E-state index contributed by atoms with van der Waals surface area (Å²) in [4.78, 5) is 16.3. The van der Waals surface area contributed by atoms with Crippen molar-refractivity contribution >= 4 is 12.1 Å². The Labute approximate surface area is 240 Å². The Kier molecular flexibility index (Phi) is 8.53. The summed E-state index contributed by atoms with van der Waals surface area (Å²) in [5.41, 5.74) is 6.92. The zero-order valence-electron chi connectivity index (χ0n) is 25.3. The van der Waals surface area contributed by atoms with E-state index in [4.69, 9.17) is 9.47 Å². The van der Waals surface area contributed by atoms with Crippen LogP contribution in [0.3, 0.4) is 0 Å². The monoisotopic (exact) mass is 548 g/mol. The van der Waals surface area contributed by atoms with Crippen molar-refractivity contribution in [1.29, 1.82) is 0 Å². The van der Waals surface area contributed by atoms with Crippen LogP contribution in [0, 0.1) is 5.41 Å². The van der Waals surface area contributed by atoms with Gasteiger partial charge in [-0.15, -0.1) is 5.10 Å². The summed E-state index contributed by atoms with van der Waals surface area (Å²) in [5.74, 6) is 0.221. The Morgan fingerprint density at radius 3 is 2.12 bits per heavy atom. The van der Waals surface area contributed by atoms with E-state index in [0.29, 0.717) is 13.2 Å². The highest BCUT2D eigenvalue weighted by Crippen LogP contribution is 2.46. The van der Waals surface area contributed by atoms with E-state index < -0.39 is 5.41 Å². The minimum atomic E-state index is -0.628. The van der Waals surface area contributed by atoms with Gasteiger partial charge in [0, 0.05) is 19.3 Å². The van der Waals surface area contributed by atoms with Crippen molar-refractivity contribution < 1.29 is 14.3 Å². The van der Waals surface area contributed by atoms with Crippen molar-refractivity contribution in [3.8, 4) is 0 Å². The molecule has 2 aromatic rings. The number of nitrogens with zero attached hydrogens (tertiary/aromatic N) is 4. The van der Waals surface area contributed by atoms with Crippen molar-refractivity contribution in [3.63, 3.8) is 0 Å². The molecule has 0 radical (unpaired) electrons. The Morgan fingerprint density at radius 1 is 0.975 bits per heavy atom. The summed E-state index contributed by atoms with van der Waals surface area (Å²) >= 11 is 0. The van der Waals surface area contributed by atoms with Crippen molar-refractivity contribution in [1.82, 2.24) is 19.9 Å². The number of amides is 1. The smallest absolute Gasteiger partial charge is 0.234 e. The molecule has 40 heavy (non-hydrogen) atoms. The van der Waals surface area contributed by atoms with Gasteiger partial charge in [-0.1, -0.05) is 36.8 Å². The molecule has 1 fully saturated rings. The highest BCUT2D eigenvalue weighted by molar-refractivity contribution is 5.87. The third-order valence-electron chi connectivity index (χ3n) is 9.46. The predicted octanol–water partition coefficient (Wildman–Crippen LogP) is 6.01. The summed E-state index contributed by atoms with van der Waals surface area (Å²) < 4.78 is 13.8. The number of carbonyl (C=O) groups excluding carboxylic acids is 1. The van der Waals surface area contributed by atoms with Crippen molar-refractivity contribution in [3.05, 3.63) is 52.4 Å². The molecule has 5 rings (SSSR count). The van der Waals surface area contributed by atoms with Gasteiger partial charge in [-0.2, -0.15) is 0 Å². The second-order valence-electron chi connectivity index (χ2n) is 13.2. The van der Waals surface area contributed by atoms with E-state index in [9.17, 15) is 4.79 Å². The molecule has 0 bridgehead atoms. The molecule has 1 unspecified atom stereocenters. The number of likely N-dealkylation sites (tertiary alicyclic amines) is 1. The van der Waals surface area contributed by atoms with Crippen LogP contribution in [0.4, 0.5) is 0 Å². The molecule has 2 aliphatic carbocycles. The lowest BCUT2D eigenvalue weighted by Gasteiger charge is -2.42. The minimum Gasteiger partial charge on any atom is -0.374 e. The first kappa shape index (κ1) is 29.0. The predicted molar refractivity (Wildman–Crippen MR) is 158 cm³/mol. The van der Waals surface area contributed by atoms with Gasteiger partial charge in [0.05, 0.1) is 36.5 Å². The zero-order valence-corrected chi connectivity index (χ0v) is 25.3. The van der Waals surface area contributed by atoms with Gasteiger partial charge in [-0.25, -0.2) is 4.68 Å². The van der Waals surface area contributed by atoms with Crippen LogP contribution in [0.2, 0.25) is 0 Å². The Balaban J connectivity index is 1.31. The summed E-state index contributed by atoms with van der Waals surface area (Å²) in [6, 6.07) is 4.76. The lowest BCUT2D eigenvalue weighted by atomic mass is 9.73. The molecule has 7 nitrogen and oxygen atoms in total. The maximum atomic E-state index is 14.2. The van der Waals surface area contributed by atoms with Crippen LogP contribution in [0.15, 0.2) is 18.7 Å². The second kappa shape index (κ2) is 11.8. The molecule has 7 heteroatoms. The largest absolute Gasteiger partial charge is 0.374 e. The van der Waals surface area contributed by atoms with E-state index in [1.54, 1.807) is 10.9 Å². The second-order valence-corrected chi connectivity index (χ2v) is 13.2. The van der Waals surface area contributed by atoms with E-state index in [0.717, 1.165) is 82.3 Å². The highest BCUT2D eigenvalue weighted by Gasteiger charge is 2.47. The fraction of sp³-hybridized carbons (Fsp3) is 0.667. The highest BCUT2D eigenvalue weighted by atomic mass is 16.5. The number of rotatable bonds is 8. The number of hydrogen-bond acceptors (Lipinski definition) is 5. The molecule has 0 N–H and O–H groups in total. The zero-order chi connectivity index (χ0) is 28.5. The molecule has 1 amide bonds. The van der Waals surface area contributed by atoms with Crippen LogP contribution in [-0.4, -0.2) is 51.1 Å². The van der Waals surface area contributed by atoms with Crippen LogP contribution in [0.25, 0.3) is 6.20 Å². The number of benzene rings is 1. The van der Waals surface area contributed by atoms with Crippen LogP contribution in [0.5, 0.6) is 0 Å². The van der Waals surface area contributed by atoms with Gasteiger partial charge in [0.1, 0.15) is 5.69 Å². The van der Waals surface area contributed by atoms with Gasteiger partial charge in [0.15, 0.2) is 0 Å². The molecule has 1 aromatic heterocycles. The van der Waals surface area contributed by atoms with Gasteiger partial charge in [0.2, 0.25) is 5.91 Å². The average molecular weight is 549 g/mol. The summed E-state index contributed by atoms with van der Waals surface area (Å²) in [6.45, 7) is 17.2. The maximum absolute atomic E-state index is 14.2. The first-order valence-electron chi connectivity index (χ1n) is 15.4. The average Bonchev–Trinajstić information content (AvgIpc) is 3.49. The van der Waals surface area contributed by atoms with E-state index in [1.807, 2.05) is 0 Å². The molecule has 2 heterocycles. The maximum Gasteiger partial charge on any atom is 0.234 e. The quantitative estimate of drug-likeness (QED) is 0.404. The lowest BCUT2D eigenvalue weighted by Crippen LogP contribution is -2.51. The summed E-state index contributed by atoms with van der Waals surface area (Å²) in [6.07, 6.45) is 11.3. The van der Waals surface area contributed by atoms with E-state index in [2.05, 4.69) is 68.5 Å². The fourth-order valence-electron chi connectivity index (χ4n) is 7.06. The standard InChI is InChI=1S/C33H48N4O3/c1-7-37-29-11-9-8-10-12-32(6,30(29)34-35-37)31(38)36-15-13-33(14-16-36)19-25-17-27(21-39-23(2)3)28(18-26(25)20-33)22-40-24(4)5/h7,17-18,23-24H,1,8-16,19-22H2,2-6H3. The molecular weight excluding hydrogens is 500 g/mol. The topological polar surface area (TPSA) is 69.5 Å². The number of ether oxygens (including phenoxy) is 2. The Bertz CT molecular complexity index is 1180. The van der Waals surface area contributed by atoms with Gasteiger partial charge in [-0.05, 0) is 107 Å². The fourth-order valence-corrected chi connectivity index (χ4v) is 7.06. The molecule has 3 aliphatic rings. The Morgan fingerprint density at radius 2 is 1.57 bits per heavy atom. The number of aromatic nitrogens is 3. The van der Waals surface area contributed by atoms with Crippen LogP contribution in [-0.2, 0) is 52.2 Å². The molecule has 1 aromatic carbocycles. The molecular formula is C33H48N4O3. The van der Waals surface area contributed by atoms with Gasteiger partial charge >= 0.3 is 0 Å². The summed E-state index contributed by atoms with van der Waals surface area (Å²) in [7, 11) is 0. The number of hydrogen-bond donors (Lipinski definition) is 0. The van der Waals surface area contributed by atoms with Crippen molar-refractivity contribution in [2.45, 2.75) is 123 Å². The van der Waals surface area contributed by atoms with E-state index in [-0.39, 0.29) is 23.5 Å². The normalized spacial score (nSPS) is 22.3. The minimum absolute atomic E-state index is 0.192. The molecule has 1 atom stereocenters.